The first-order valence-corrected chi connectivity index (χ1v) is 10.7. The van der Waals surface area contributed by atoms with E-state index in [2.05, 4.69) is 20.4 Å². The lowest BCUT2D eigenvalue weighted by Crippen LogP contribution is -2.14. The molecule has 0 atom stereocenters. The molecular formula is C24H23ClN4O3. The van der Waals surface area contributed by atoms with Gasteiger partial charge in [-0.25, -0.2) is 4.98 Å². The second kappa shape index (κ2) is 9.36. The lowest BCUT2D eigenvalue weighted by Gasteiger charge is -2.11. The summed E-state index contributed by atoms with van der Waals surface area (Å²) in [6.45, 7) is 5.91. The Morgan fingerprint density at radius 2 is 1.91 bits per heavy atom. The van der Waals surface area contributed by atoms with E-state index in [0.717, 1.165) is 11.1 Å². The third-order valence-corrected chi connectivity index (χ3v) is 5.31. The van der Waals surface area contributed by atoms with Crippen LogP contribution in [0.15, 0.2) is 57.6 Å². The van der Waals surface area contributed by atoms with Crippen LogP contribution in [0.5, 0.6) is 0 Å². The number of nitrogens with zero attached hydrogens (tertiary/aromatic N) is 3. The van der Waals surface area contributed by atoms with E-state index < -0.39 is 0 Å². The summed E-state index contributed by atoms with van der Waals surface area (Å²) < 4.78 is 11.2. The second-order valence-electron chi connectivity index (χ2n) is 7.76. The fourth-order valence-corrected chi connectivity index (χ4v) is 3.45. The predicted octanol–water partition coefficient (Wildman–Crippen LogP) is 6.05. The van der Waals surface area contributed by atoms with Crippen LogP contribution in [-0.4, -0.2) is 21.0 Å². The molecule has 0 aliphatic heterocycles. The first-order chi connectivity index (χ1) is 15.4. The second-order valence-corrected chi connectivity index (χ2v) is 8.16. The highest BCUT2D eigenvalue weighted by Gasteiger charge is 2.18. The molecule has 0 aliphatic carbocycles. The molecule has 7 nitrogen and oxygen atoms in total. The van der Waals surface area contributed by atoms with Gasteiger partial charge in [0.1, 0.15) is 0 Å². The van der Waals surface area contributed by atoms with Gasteiger partial charge in [0.15, 0.2) is 17.5 Å². The molecule has 0 radical (unpaired) electrons. The van der Waals surface area contributed by atoms with Crippen molar-refractivity contribution in [1.29, 1.82) is 0 Å². The van der Waals surface area contributed by atoms with Crippen molar-refractivity contribution >= 4 is 23.2 Å². The molecular weight excluding hydrogens is 428 g/mol. The molecule has 4 rings (SSSR count). The van der Waals surface area contributed by atoms with E-state index in [4.69, 9.17) is 20.5 Å². The molecule has 0 aliphatic rings. The molecule has 164 valence electrons. The van der Waals surface area contributed by atoms with Gasteiger partial charge in [0.2, 0.25) is 5.91 Å². The number of para-hydroxylation sites is 1. The van der Waals surface area contributed by atoms with Crippen molar-refractivity contribution in [3.05, 3.63) is 71.0 Å². The van der Waals surface area contributed by atoms with Crippen LogP contribution >= 0.6 is 11.6 Å². The van der Waals surface area contributed by atoms with Crippen molar-refractivity contribution in [1.82, 2.24) is 15.1 Å². The Balaban J connectivity index is 1.45. The van der Waals surface area contributed by atoms with Gasteiger partial charge in [-0.2, -0.15) is 4.98 Å². The third-order valence-electron chi connectivity index (χ3n) is 4.98. The Morgan fingerprint density at radius 1 is 1.12 bits per heavy atom. The highest BCUT2D eigenvalue weighted by atomic mass is 35.5. The van der Waals surface area contributed by atoms with Crippen LogP contribution in [0.3, 0.4) is 0 Å². The lowest BCUT2D eigenvalue weighted by molar-refractivity contribution is -0.116. The van der Waals surface area contributed by atoms with Crippen LogP contribution < -0.4 is 5.32 Å². The third kappa shape index (κ3) is 4.73. The molecule has 0 saturated heterocycles. The molecule has 0 saturated carbocycles. The van der Waals surface area contributed by atoms with Gasteiger partial charge >= 0.3 is 0 Å². The Kier molecular flexibility index (Phi) is 6.37. The maximum absolute atomic E-state index is 12.7. The maximum Gasteiger partial charge on any atom is 0.260 e. The van der Waals surface area contributed by atoms with Gasteiger partial charge in [-0.1, -0.05) is 54.9 Å². The molecule has 0 unspecified atom stereocenters. The Hall–Kier alpha value is -3.45. The number of anilines is 1. The first-order valence-electron chi connectivity index (χ1n) is 10.4. The van der Waals surface area contributed by atoms with Crippen molar-refractivity contribution in [3.8, 4) is 22.8 Å². The van der Waals surface area contributed by atoms with Crippen molar-refractivity contribution in [3.63, 3.8) is 0 Å². The Bertz CT molecular complexity index is 1250. The average Bonchev–Trinajstić information content (AvgIpc) is 3.44. The number of carbonyl (C=O) groups excluding carboxylic acids is 1. The van der Waals surface area contributed by atoms with Crippen LogP contribution in [-0.2, 0) is 11.2 Å². The van der Waals surface area contributed by atoms with Crippen molar-refractivity contribution in [2.24, 2.45) is 0 Å². The van der Waals surface area contributed by atoms with Crippen LogP contribution in [0.2, 0.25) is 5.02 Å². The minimum absolute atomic E-state index is 0.145. The SMILES string of the molecule is Cc1cccc(-c2nc(C(C)C)no2)c1NC(=O)CCc1ncc(-c2ccccc2Cl)o1. The highest BCUT2D eigenvalue weighted by Crippen LogP contribution is 2.31. The molecule has 2 heterocycles. The zero-order chi connectivity index (χ0) is 22.7. The van der Waals surface area contributed by atoms with E-state index >= 15 is 0 Å². The largest absolute Gasteiger partial charge is 0.441 e. The van der Waals surface area contributed by atoms with E-state index in [9.17, 15) is 4.79 Å². The van der Waals surface area contributed by atoms with E-state index in [-0.39, 0.29) is 18.2 Å². The zero-order valence-electron chi connectivity index (χ0n) is 18.1. The number of aromatic nitrogens is 3. The number of rotatable bonds is 7. The lowest BCUT2D eigenvalue weighted by atomic mass is 10.1. The molecule has 0 bridgehead atoms. The van der Waals surface area contributed by atoms with Gasteiger partial charge < -0.3 is 14.3 Å². The predicted molar refractivity (Wildman–Crippen MR) is 122 cm³/mol. The van der Waals surface area contributed by atoms with Crippen molar-refractivity contribution in [2.75, 3.05) is 5.32 Å². The number of halogens is 1. The normalized spacial score (nSPS) is 11.2. The monoisotopic (exact) mass is 450 g/mol. The van der Waals surface area contributed by atoms with Crippen LogP contribution in [0.4, 0.5) is 5.69 Å². The first kappa shape index (κ1) is 21.8. The fourth-order valence-electron chi connectivity index (χ4n) is 3.22. The van der Waals surface area contributed by atoms with Crippen molar-refractivity contribution in [2.45, 2.75) is 39.5 Å². The molecule has 2 aromatic carbocycles. The number of hydrogen-bond donors (Lipinski definition) is 1. The quantitative estimate of drug-likeness (QED) is 0.368. The number of nitrogens with one attached hydrogen (secondary N) is 1. The number of hydrogen-bond acceptors (Lipinski definition) is 6. The number of carbonyl (C=O) groups is 1. The molecule has 0 spiro atoms. The van der Waals surface area contributed by atoms with E-state index in [1.54, 1.807) is 12.3 Å². The Morgan fingerprint density at radius 3 is 2.66 bits per heavy atom. The van der Waals surface area contributed by atoms with Crippen molar-refractivity contribution < 1.29 is 13.7 Å². The molecule has 1 amide bonds. The smallest absolute Gasteiger partial charge is 0.260 e. The number of oxazole rings is 1. The van der Waals surface area contributed by atoms with E-state index in [0.29, 0.717) is 46.1 Å². The summed E-state index contributed by atoms with van der Waals surface area (Å²) in [5.74, 6) is 2.03. The summed E-state index contributed by atoms with van der Waals surface area (Å²) >= 11 is 6.22. The fraction of sp³-hybridized carbons (Fsp3) is 0.250. The minimum atomic E-state index is -0.165. The topological polar surface area (TPSA) is 94.1 Å². The average molecular weight is 451 g/mol. The molecule has 32 heavy (non-hydrogen) atoms. The van der Waals surface area contributed by atoms with Gasteiger partial charge in [-0.3, -0.25) is 4.79 Å². The number of aryl methyl sites for hydroxylation is 2. The van der Waals surface area contributed by atoms with Gasteiger partial charge in [0.25, 0.3) is 5.89 Å². The van der Waals surface area contributed by atoms with Gasteiger partial charge in [-0.15, -0.1) is 0 Å². The zero-order valence-corrected chi connectivity index (χ0v) is 18.8. The molecule has 4 aromatic rings. The maximum atomic E-state index is 12.7. The summed E-state index contributed by atoms with van der Waals surface area (Å²) in [5, 5.41) is 7.58. The molecule has 0 fully saturated rings. The minimum Gasteiger partial charge on any atom is -0.441 e. The number of benzene rings is 2. The molecule has 1 N–H and O–H groups in total. The summed E-state index contributed by atoms with van der Waals surface area (Å²) in [5.41, 5.74) is 3.01. The van der Waals surface area contributed by atoms with Gasteiger partial charge in [-0.05, 0) is 30.7 Å². The van der Waals surface area contributed by atoms with E-state index in [1.165, 1.54) is 0 Å². The standard InChI is InChI=1S/C24H23ClN4O3/c1-14(2)23-28-24(32-29-23)17-9-6-7-15(3)22(17)27-20(30)11-12-21-26-13-19(31-21)16-8-4-5-10-18(16)25/h4-10,13-14H,11-12H2,1-3H3,(H,27,30). The van der Waals surface area contributed by atoms with Crippen LogP contribution in [0, 0.1) is 6.92 Å². The molecule has 8 heteroatoms. The highest BCUT2D eigenvalue weighted by molar-refractivity contribution is 6.33. The summed E-state index contributed by atoms with van der Waals surface area (Å²) in [6.07, 6.45) is 2.18. The summed E-state index contributed by atoms with van der Waals surface area (Å²) in [7, 11) is 0. The molecule has 2 aromatic heterocycles. The van der Waals surface area contributed by atoms with Crippen LogP contribution in [0.25, 0.3) is 22.8 Å². The van der Waals surface area contributed by atoms with E-state index in [1.807, 2.05) is 57.2 Å². The Labute approximate surface area is 190 Å². The van der Waals surface area contributed by atoms with Gasteiger partial charge in [0.05, 0.1) is 22.5 Å². The summed E-state index contributed by atoms with van der Waals surface area (Å²) in [4.78, 5) is 21.4. The van der Waals surface area contributed by atoms with Crippen LogP contribution in [0.1, 0.15) is 43.5 Å². The van der Waals surface area contributed by atoms with Gasteiger partial charge in [0, 0.05) is 24.3 Å². The summed E-state index contributed by atoms with van der Waals surface area (Å²) in [6, 6.07) is 13.0. The number of amides is 1.